The molecule has 4 nitrogen and oxygen atoms in total. The van der Waals surface area contributed by atoms with Gasteiger partial charge in [0.05, 0.1) is 5.56 Å². The zero-order valence-electron chi connectivity index (χ0n) is 7.90. The first-order valence-corrected chi connectivity index (χ1v) is 4.41. The summed E-state index contributed by atoms with van der Waals surface area (Å²) in [6.45, 7) is 0. The summed E-state index contributed by atoms with van der Waals surface area (Å²) in [7, 11) is 0. The lowest BCUT2D eigenvalue weighted by Crippen LogP contribution is -2.00. The van der Waals surface area contributed by atoms with E-state index in [-0.39, 0.29) is 5.56 Å². The van der Waals surface area contributed by atoms with Gasteiger partial charge in [0.25, 0.3) is 0 Å². The molecule has 0 amide bonds. The summed E-state index contributed by atoms with van der Waals surface area (Å²) in [5, 5.41) is 10.2. The van der Waals surface area contributed by atoms with Crippen LogP contribution in [0.25, 0.3) is 10.8 Å². The first-order chi connectivity index (χ1) is 7.11. The van der Waals surface area contributed by atoms with Gasteiger partial charge in [-0.3, -0.25) is 0 Å². The number of nitrogens with two attached hydrogens (primary N) is 2. The second-order valence-corrected chi connectivity index (χ2v) is 3.28. The van der Waals surface area contributed by atoms with E-state index >= 15 is 0 Å². The maximum absolute atomic E-state index is 11.0. The van der Waals surface area contributed by atoms with E-state index < -0.39 is 5.97 Å². The Morgan fingerprint density at radius 1 is 1.07 bits per heavy atom. The fraction of sp³-hybridized carbons (Fsp3) is 0. The van der Waals surface area contributed by atoms with Gasteiger partial charge in [-0.25, -0.2) is 4.79 Å². The molecule has 76 valence electrons. The van der Waals surface area contributed by atoms with Crippen molar-refractivity contribution in [2.24, 2.45) is 0 Å². The second-order valence-electron chi connectivity index (χ2n) is 3.28. The summed E-state index contributed by atoms with van der Waals surface area (Å²) in [6.07, 6.45) is 0. The molecule has 2 aromatic carbocycles. The Bertz CT molecular complexity index is 541. The van der Waals surface area contributed by atoms with E-state index in [0.717, 1.165) is 0 Å². The molecule has 0 saturated heterocycles. The standard InChI is InChI=1S/C11H10N2O2/c12-8-3-1-2-6-7(11(14)15)4-5-9(13)10(6)8/h1-5H,12-13H2,(H,14,15). The second kappa shape index (κ2) is 3.16. The van der Waals surface area contributed by atoms with Crippen molar-refractivity contribution in [2.75, 3.05) is 11.5 Å². The van der Waals surface area contributed by atoms with Gasteiger partial charge in [0.1, 0.15) is 0 Å². The maximum atomic E-state index is 11.0. The highest BCUT2D eigenvalue weighted by Gasteiger charge is 2.11. The molecule has 0 bridgehead atoms. The number of benzene rings is 2. The van der Waals surface area contributed by atoms with E-state index in [9.17, 15) is 4.79 Å². The van der Waals surface area contributed by atoms with Crippen molar-refractivity contribution in [2.45, 2.75) is 0 Å². The third-order valence-corrected chi connectivity index (χ3v) is 2.34. The van der Waals surface area contributed by atoms with E-state index in [4.69, 9.17) is 16.6 Å². The average molecular weight is 202 g/mol. The molecule has 0 heterocycles. The van der Waals surface area contributed by atoms with Crippen LogP contribution in [0.15, 0.2) is 30.3 Å². The van der Waals surface area contributed by atoms with Crippen LogP contribution in [0.2, 0.25) is 0 Å². The lowest BCUT2D eigenvalue weighted by atomic mass is 10.0. The quantitative estimate of drug-likeness (QED) is 0.614. The zero-order valence-corrected chi connectivity index (χ0v) is 7.90. The summed E-state index contributed by atoms with van der Waals surface area (Å²) in [6, 6.07) is 8.15. The maximum Gasteiger partial charge on any atom is 0.336 e. The summed E-state index contributed by atoms with van der Waals surface area (Å²) in [4.78, 5) is 11.0. The van der Waals surface area contributed by atoms with E-state index in [1.165, 1.54) is 6.07 Å². The van der Waals surface area contributed by atoms with Crippen molar-refractivity contribution in [3.63, 3.8) is 0 Å². The van der Waals surface area contributed by atoms with Crippen LogP contribution in [0.1, 0.15) is 10.4 Å². The van der Waals surface area contributed by atoms with Gasteiger partial charge < -0.3 is 16.6 Å². The molecule has 0 fully saturated rings. The lowest BCUT2D eigenvalue weighted by molar-refractivity contribution is 0.0699. The van der Waals surface area contributed by atoms with Gasteiger partial charge in [-0.2, -0.15) is 0 Å². The molecule has 0 aliphatic rings. The fourth-order valence-electron chi connectivity index (χ4n) is 1.65. The van der Waals surface area contributed by atoms with E-state index in [1.807, 2.05) is 0 Å². The molecule has 15 heavy (non-hydrogen) atoms. The molecule has 0 aliphatic heterocycles. The van der Waals surface area contributed by atoms with Gasteiger partial charge in [0, 0.05) is 22.1 Å². The Hall–Kier alpha value is -2.23. The molecular formula is C11H10N2O2. The normalized spacial score (nSPS) is 10.4. The molecule has 5 N–H and O–H groups in total. The highest BCUT2D eigenvalue weighted by atomic mass is 16.4. The van der Waals surface area contributed by atoms with Crippen LogP contribution in [0.4, 0.5) is 11.4 Å². The Morgan fingerprint density at radius 3 is 2.40 bits per heavy atom. The number of fused-ring (bicyclic) bond motifs is 1. The monoisotopic (exact) mass is 202 g/mol. The third kappa shape index (κ3) is 1.36. The van der Waals surface area contributed by atoms with Gasteiger partial charge in [-0.05, 0) is 18.2 Å². The Balaban J connectivity index is 2.95. The van der Waals surface area contributed by atoms with Crippen LogP contribution >= 0.6 is 0 Å². The summed E-state index contributed by atoms with van der Waals surface area (Å²) in [5.74, 6) is -0.981. The van der Waals surface area contributed by atoms with Gasteiger partial charge in [-0.1, -0.05) is 12.1 Å². The number of carbonyl (C=O) groups is 1. The van der Waals surface area contributed by atoms with Crippen LogP contribution in [0.3, 0.4) is 0 Å². The molecule has 0 aromatic heterocycles. The van der Waals surface area contributed by atoms with Crippen molar-refractivity contribution in [3.05, 3.63) is 35.9 Å². The molecule has 2 rings (SSSR count). The number of nitrogen functional groups attached to an aromatic ring is 2. The van der Waals surface area contributed by atoms with Gasteiger partial charge >= 0.3 is 5.97 Å². The SMILES string of the molecule is Nc1cccc2c(C(=O)O)ccc(N)c12. The zero-order chi connectivity index (χ0) is 11.0. The third-order valence-electron chi connectivity index (χ3n) is 2.34. The number of hydrogen-bond acceptors (Lipinski definition) is 3. The van der Waals surface area contributed by atoms with Crippen molar-refractivity contribution in [3.8, 4) is 0 Å². The van der Waals surface area contributed by atoms with Crippen LogP contribution in [0, 0.1) is 0 Å². The largest absolute Gasteiger partial charge is 0.478 e. The molecule has 2 aromatic rings. The molecule has 0 atom stereocenters. The van der Waals surface area contributed by atoms with Crippen molar-refractivity contribution < 1.29 is 9.90 Å². The first kappa shape index (κ1) is 9.33. The molecular weight excluding hydrogens is 192 g/mol. The number of carboxylic acid groups (broad SMARTS) is 1. The summed E-state index contributed by atoms with van der Waals surface area (Å²) >= 11 is 0. The number of aromatic carboxylic acids is 1. The first-order valence-electron chi connectivity index (χ1n) is 4.41. The van der Waals surface area contributed by atoms with Crippen LogP contribution < -0.4 is 11.5 Å². The van der Waals surface area contributed by atoms with Crippen molar-refractivity contribution in [1.82, 2.24) is 0 Å². The van der Waals surface area contributed by atoms with Gasteiger partial charge in [0.15, 0.2) is 0 Å². The van der Waals surface area contributed by atoms with Crippen LogP contribution in [-0.4, -0.2) is 11.1 Å². The van der Waals surface area contributed by atoms with Crippen LogP contribution in [0.5, 0.6) is 0 Å². The minimum atomic E-state index is -0.981. The van der Waals surface area contributed by atoms with Gasteiger partial charge in [0.2, 0.25) is 0 Å². The molecule has 4 heteroatoms. The lowest BCUT2D eigenvalue weighted by Gasteiger charge is -2.07. The molecule has 0 saturated carbocycles. The van der Waals surface area contributed by atoms with Crippen molar-refractivity contribution in [1.29, 1.82) is 0 Å². The predicted octanol–water partition coefficient (Wildman–Crippen LogP) is 1.70. The van der Waals surface area contributed by atoms with E-state index in [2.05, 4.69) is 0 Å². The smallest absolute Gasteiger partial charge is 0.336 e. The minimum Gasteiger partial charge on any atom is -0.478 e. The highest BCUT2D eigenvalue weighted by Crippen LogP contribution is 2.29. The number of rotatable bonds is 1. The van der Waals surface area contributed by atoms with E-state index in [0.29, 0.717) is 22.1 Å². The topological polar surface area (TPSA) is 89.3 Å². The molecule has 0 unspecified atom stereocenters. The molecule has 0 radical (unpaired) electrons. The summed E-state index contributed by atoms with van der Waals surface area (Å²) in [5.41, 5.74) is 12.7. The number of carboxylic acids is 1. The summed E-state index contributed by atoms with van der Waals surface area (Å²) < 4.78 is 0. The number of anilines is 2. The van der Waals surface area contributed by atoms with E-state index in [1.54, 1.807) is 24.3 Å². The predicted molar refractivity (Wildman–Crippen MR) is 59.7 cm³/mol. The Kier molecular flexibility index (Phi) is 1.97. The highest BCUT2D eigenvalue weighted by molar-refractivity contribution is 6.11. The average Bonchev–Trinajstić information content (AvgIpc) is 2.17. The van der Waals surface area contributed by atoms with Crippen LogP contribution in [-0.2, 0) is 0 Å². The Morgan fingerprint density at radius 2 is 1.73 bits per heavy atom. The Labute approximate surface area is 86.1 Å². The molecule has 0 aliphatic carbocycles. The molecule has 0 spiro atoms. The van der Waals surface area contributed by atoms with Gasteiger partial charge in [-0.15, -0.1) is 0 Å². The minimum absolute atomic E-state index is 0.214. The van der Waals surface area contributed by atoms with Crippen molar-refractivity contribution >= 4 is 28.1 Å². The fourth-order valence-corrected chi connectivity index (χ4v) is 1.65. The number of hydrogen-bond donors (Lipinski definition) is 3.